The second-order valence-electron chi connectivity index (χ2n) is 9.56. The molecule has 1 atom stereocenters. The molecule has 40 heavy (non-hydrogen) atoms. The Labute approximate surface area is 215 Å². The molecule has 1 aromatic rings. The van der Waals surface area contributed by atoms with E-state index in [0.717, 1.165) is 12.1 Å². The summed E-state index contributed by atoms with van der Waals surface area (Å²) in [6, 6.07) is 4.48. The van der Waals surface area contributed by atoms with Crippen LogP contribution in [0.3, 0.4) is 0 Å². The Morgan fingerprint density at radius 2 is 0.925 bits per heavy atom. The van der Waals surface area contributed by atoms with Crippen molar-refractivity contribution < 1.29 is 79.4 Å². The first-order valence-corrected chi connectivity index (χ1v) is 10.8. The van der Waals surface area contributed by atoms with Gasteiger partial charge in [-0.1, -0.05) is 38.1 Å². The second kappa shape index (κ2) is 10.4. The molecule has 1 aromatic carbocycles. The van der Waals surface area contributed by atoms with Gasteiger partial charge in [-0.2, -0.15) is 74.6 Å². The van der Waals surface area contributed by atoms with Gasteiger partial charge in [0.05, 0.1) is 12.0 Å². The first-order chi connectivity index (χ1) is 17.4. The van der Waals surface area contributed by atoms with Crippen LogP contribution in [0.2, 0.25) is 0 Å². The summed E-state index contributed by atoms with van der Waals surface area (Å²) < 4.78 is 235. The van der Waals surface area contributed by atoms with Crippen LogP contribution in [-0.2, 0) is 16.8 Å². The summed E-state index contributed by atoms with van der Waals surface area (Å²) in [6.45, 7) is 4.10. The van der Waals surface area contributed by atoms with E-state index < -0.39 is 65.2 Å². The van der Waals surface area contributed by atoms with Crippen LogP contribution in [0, 0.1) is 5.92 Å². The number of benzene rings is 1. The molecule has 0 amide bonds. The van der Waals surface area contributed by atoms with E-state index in [9.17, 15) is 74.6 Å². The maximum Gasteiger partial charge on any atom is 0.460 e. The summed E-state index contributed by atoms with van der Waals surface area (Å²) in [7, 11) is 0.566. The van der Waals surface area contributed by atoms with Crippen LogP contribution in [0.4, 0.5) is 74.6 Å². The summed E-state index contributed by atoms with van der Waals surface area (Å²) in [5, 5.41) is 0. The normalized spacial score (nSPS) is 16.9. The number of hydrogen-bond donors (Lipinski definition) is 0. The van der Waals surface area contributed by atoms with Crippen molar-refractivity contribution in [1.82, 2.24) is 0 Å². The Morgan fingerprint density at radius 1 is 0.575 bits per heavy atom. The van der Waals surface area contributed by atoms with Gasteiger partial charge in [0.15, 0.2) is 0 Å². The van der Waals surface area contributed by atoms with Crippen LogP contribution in [0.25, 0.3) is 0 Å². The molecule has 0 heterocycles. The van der Waals surface area contributed by atoms with Crippen LogP contribution >= 0.6 is 0 Å². The van der Waals surface area contributed by atoms with Gasteiger partial charge in [0.2, 0.25) is 0 Å². The molecule has 0 radical (unpaired) electrons. The molecule has 0 aliphatic heterocycles. The molecule has 0 aliphatic rings. The fourth-order valence-electron chi connectivity index (χ4n) is 3.49. The fraction of sp³-hybridized carbons (Fsp3) is 0.727. The lowest BCUT2D eigenvalue weighted by molar-refractivity contribution is -0.462. The average molecular weight is 624 g/mol. The van der Waals surface area contributed by atoms with Gasteiger partial charge in [-0.25, -0.2) is 0 Å². The predicted molar refractivity (Wildman–Crippen MR) is 105 cm³/mol. The molecule has 0 saturated carbocycles. The number of hydrogen-bond acceptors (Lipinski definition) is 1. The first kappa shape index (κ1) is 36.0. The van der Waals surface area contributed by atoms with Gasteiger partial charge in [-0.3, -0.25) is 0 Å². The number of halogens is 17. The van der Waals surface area contributed by atoms with Gasteiger partial charge < -0.3 is 4.74 Å². The van der Waals surface area contributed by atoms with Gasteiger partial charge in [0.25, 0.3) is 0 Å². The van der Waals surface area contributed by atoms with Crippen molar-refractivity contribution in [3.8, 4) is 0 Å². The Kier molecular flexibility index (Phi) is 9.33. The number of methoxy groups -OCH3 is 1. The highest BCUT2D eigenvalue weighted by molar-refractivity contribution is 5.28. The van der Waals surface area contributed by atoms with Gasteiger partial charge in [-0.15, -0.1) is 0 Å². The minimum Gasteiger partial charge on any atom is -0.374 e. The predicted octanol–water partition coefficient (Wildman–Crippen LogP) is 9.15. The molecular formula is C22H21F17O. The van der Waals surface area contributed by atoms with Gasteiger partial charge in [-0.05, 0) is 30.4 Å². The molecule has 18 heteroatoms. The zero-order valence-corrected chi connectivity index (χ0v) is 20.6. The average Bonchev–Trinajstić information content (AvgIpc) is 2.77. The lowest BCUT2D eigenvalue weighted by Gasteiger charge is -2.44. The van der Waals surface area contributed by atoms with Crippen LogP contribution in [0.5, 0.6) is 0 Å². The summed E-state index contributed by atoms with van der Waals surface area (Å²) in [5.74, 6) is -56.6. The molecule has 0 spiro atoms. The molecule has 0 fully saturated rings. The molecule has 234 valence electrons. The van der Waals surface area contributed by atoms with E-state index in [-0.39, 0.29) is 5.92 Å². The van der Waals surface area contributed by atoms with E-state index in [1.54, 1.807) is 13.8 Å². The second-order valence-corrected chi connectivity index (χ2v) is 9.56. The first-order valence-electron chi connectivity index (χ1n) is 10.8. The van der Waals surface area contributed by atoms with Crippen LogP contribution < -0.4 is 0 Å². The Bertz CT molecular complexity index is 1010. The van der Waals surface area contributed by atoms with Crippen molar-refractivity contribution in [2.75, 3.05) is 7.11 Å². The summed E-state index contributed by atoms with van der Waals surface area (Å²) in [6.07, 6.45) is -10.1. The number of ether oxygens (including phenoxy) is 1. The third kappa shape index (κ3) is 5.44. The molecule has 0 aromatic heterocycles. The third-order valence-electron chi connectivity index (χ3n) is 6.01. The molecular weight excluding hydrogens is 603 g/mol. The van der Waals surface area contributed by atoms with E-state index in [2.05, 4.69) is 4.74 Å². The van der Waals surface area contributed by atoms with Crippen molar-refractivity contribution in [2.24, 2.45) is 5.92 Å². The topological polar surface area (TPSA) is 9.23 Å². The molecule has 1 rings (SSSR count). The smallest absolute Gasteiger partial charge is 0.374 e. The largest absolute Gasteiger partial charge is 0.460 e. The number of alkyl halides is 17. The molecule has 0 N–H and O–H groups in total. The van der Waals surface area contributed by atoms with Crippen molar-refractivity contribution >= 4 is 0 Å². The maximum absolute atomic E-state index is 14.6. The van der Waals surface area contributed by atoms with E-state index in [4.69, 9.17) is 0 Å². The van der Waals surface area contributed by atoms with Gasteiger partial charge >= 0.3 is 47.6 Å². The van der Waals surface area contributed by atoms with Gasteiger partial charge in [0, 0.05) is 7.11 Å². The molecule has 0 saturated heterocycles. The monoisotopic (exact) mass is 624 g/mol. The third-order valence-corrected chi connectivity index (χ3v) is 6.01. The molecule has 1 unspecified atom stereocenters. The highest BCUT2D eigenvalue weighted by atomic mass is 19.4. The highest BCUT2D eigenvalue weighted by Gasteiger charge is 2.95. The lowest BCUT2D eigenvalue weighted by atomic mass is 9.82. The van der Waals surface area contributed by atoms with Gasteiger partial charge in [0.1, 0.15) is 0 Å². The fourth-order valence-corrected chi connectivity index (χ4v) is 3.49. The molecule has 1 nitrogen and oxygen atoms in total. The minimum atomic E-state index is -8.65. The van der Waals surface area contributed by atoms with Crippen molar-refractivity contribution in [2.45, 2.75) is 86.8 Å². The van der Waals surface area contributed by atoms with E-state index in [0.29, 0.717) is 26.0 Å². The Hall–Kier alpha value is -2.01. The minimum absolute atomic E-state index is 0.0631. The van der Waals surface area contributed by atoms with E-state index >= 15 is 0 Å². The lowest BCUT2D eigenvalue weighted by Crippen LogP contribution is -2.74. The highest BCUT2D eigenvalue weighted by Crippen LogP contribution is 2.64. The molecule has 0 aliphatic carbocycles. The van der Waals surface area contributed by atoms with Crippen molar-refractivity contribution in [3.63, 3.8) is 0 Å². The Balaban J connectivity index is 3.60. The summed E-state index contributed by atoms with van der Waals surface area (Å²) in [4.78, 5) is 0. The zero-order chi connectivity index (χ0) is 32.2. The quantitative estimate of drug-likeness (QED) is 0.211. The zero-order valence-electron chi connectivity index (χ0n) is 20.6. The SMILES string of the molecule is COC(C)(CC(F)(F)C(F)(F)C(F)(F)C(F)(F)C(F)(F)C(F)(F)C(F)(F)C(F)(F)F)c1ccc(CC(C)C)cc1. The van der Waals surface area contributed by atoms with Crippen molar-refractivity contribution in [1.29, 1.82) is 0 Å². The van der Waals surface area contributed by atoms with Crippen LogP contribution in [-0.4, -0.2) is 54.7 Å². The maximum atomic E-state index is 14.6. The summed E-state index contributed by atoms with van der Waals surface area (Å²) >= 11 is 0. The van der Waals surface area contributed by atoms with Crippen LogP contribution in [0.1, 0.15) is 38.3 Å². The van der Waals surface area contributed by atoms with E-state index in [1.165, 1.54) is 12.1 Å². The number of rotatable bonds is 12. The van der Waals surface area contributed by atoms with E-state index in [1.807, 2.05) is 0 Å². The van der Waals surface area contributed by atoms with Crippen molar-refractivity contribution in [3.05, 3.63) is 35.4 Å². The molecule has 0 bridgehead atoms. The standard InChI is InChI=1S/C22H21F17O/c1-11(2)9-12-5-7-13(8-6-12)14(3,40-4)10-15(23,24)16(25,26)17(27,28)18(29,30)19(31,32)20(33,34)21(35,36)22(37,38)39/h5-8,11H,9-10H2,1-4H3. The summed E-state index contributed by atoms with van der Waals surface area (Å²) in [5.41, 5.74) is -2.68. The van der Waals surface area contributed by atoms with Crippen LogP contribution in [0.15, 0.2) is 24.3 Å². The Morgan fingerprint density at radius 3 is 1.25 bits per heavy atom.